The van der Waals surface area contributed by atoms with Crippen LogP contribution in [0.25, 0.3) is 11.5 Å². The molecule has 21 heavy (non-hydrogen) atoms. The smallest absolute Gasteiger partial charge is 0.272 e. The third-order valence-corrected chi connectivity index (χ3v) is 2.79. The van der Waals surface area contributed by atoms with Crippen LogP contribution >= 0.6 is 0 Å². The lowest BCUT2D eigenvalue weighted by Gasteiger charge is -2.14. The lowest BCUT2D eigenvalue weighted by atomic mass is 10.3. The topological polar surface area (TPSA) is 77.2 Å². The predicted octanol–water partition coefficient (Wildman–Crippen LogP) is 1.79. The monoisotopic (exact) mass is 299 g/mol. The van der Waals surface area contributed by atoms with Crippen molar-refractivity contribution in [3.63, 3.8) is 0 Å². The Balaban J connectivity index is 2.08. The molecule has 2 aromatic heterocycles. The van der Waals surface area contributed by atoms with Gasteiger partial charge in [0.15, 0.2) is 6.61 Å². The van der Waals surface area contributed by atoms with Crippen molar-refractivity contribution in [1.82, 2.24) is 25.0 Å². The van der Waals surface area contributed by atoms with Gasteiger partial charge in [0.05, 0.1) is 18.4 Å². The third-order valence-electron chi connectivity index (χ3n) is 2.79. The van der Waals surface area contributed by atoms with E-state index in [9.17, 15) is 8.78 Å². The molecule has 0 fully saturated rings. The number of nitrogens with zero attached hydrogens (tertiary/aromatic N) is 5. The zero-order valence-electron chi connectivity index (χ0n) is 11.8. The normalized spacial score (nSPS) is 12.9. The average molecular weight is 299 g/mol. The van der Waals surface area contributed by atoms with E-state index >= 15 is 0 Å². The first kappa shape index (κ1) is 15.2. The molecule has 0 aliphatic rings. The Bertz CT molecular complexity index is 573. The van der Waals surface area contributed by atoms with Gasteiger partial charge in [-0.2, -0.15) is 4.98 Å². The van der Waals surface area contributed by atoms with E-state index in [4.69, 9.17) is 9.26 Å². The first-order chi connectivity index (χ1) is 9.97. The summed E-state index contributed by atoms with van der Waals surface area (Å²) in [6.45, 7) is 1.20. The van der Waals surface area contributed by atoms with Crippen LogP contribution in [0.5, 0.6) is 5.88 Å². The molecule has 0 saturated heterocycles. The Morgan fingerprint density at radius 2 is 2.05 bits per heavy atom. The van der Waals surface area contributed by atoms with Gasteiger partial charge in [0.2, 0.25) is 17.6 Å². The van der Waals surface area contributed by atoms with Crippen molar-refractivity contribution in [2.75, 3.05) is 20.7 Å². The van der Waals surface area contributed by atoms with Gasteiger partial charge < -0.3 is 9.26 Å². The standard InChI is InChI=1S/C12H15F2N5O2/c1-7(19(2)3)12-17-11(18-21-12)8-4-16-10(5-15-8)20-6-9(13)14/h4-5,7,9H,6H2,1-3H3/t7-/m0/s1. The number of aromatic nitrogens is 4. The molecule has 0 aliphatic heterocycles. The lowest BCUT2D eigenvalue weighted by molar-refractivity contribution is 0.0794. The number of ether oxygens (including phenoxy) is 1. The van der Waals surface area contributed by atoms with Gasteiger partial charge in [-0.15, -0.1) is 0 Å². The molecule has 2 rings (SSSR count). The van der Waals surface area contributed by atoms with E-state index in [1.165, 1.54) is 12.4 Å². The second kappa shape index (κ2) is 6.53. The van der Waals surface area contributed by atoms with Crippen molar-refractivity contribution < 1.29 is 18.0 Å². The number of alkyl halides is 2. The quantitative estimate of drug-likeness (QED) is 0.804. The van der Waals surface area contributed by atoms with Crippen molar-refractivity contribution in [3.8, 4) is 17.4 Å². The maximum atomic E-state index is 12.0. The molecule has 0 unspecified atom stereocenters. The van der Waals surface area contributed by atoms with Crippen LogP contribution in [0.15, 0.2) is 16.9 Å². The zero-order chi connectivity index (χ0) is 15.4. The van der Waals surface area contributed by atoms with Crippen LogP contribution in [0.2, 0.25) is 0 Å². The number of hydrogen-bond donors (Lipinski definition) is 0. The first-order valence-corrected chi connectivity index (χ1v) is 6.20. The van der Waals surface area contributed by atoms with Crippen LogP contribution in [-0.4, -0.2) is 52.1 Å². The molecule has 0 aromatic carbocycles. The molecule has 0 aliphatic carbocycles. The van der Waals surface area contributed by atoms with E-state index in [1.54, 1.807) is 0 Å². The van der Waals surface area contributed by atoms with Gasteiger partial charge in [-0.1, -0.05) is 5.16 Å². The summed E-state index contributed by atoms with van der Waals surface area (Å²) in [6.07, 6.45) is 0.0255. The highest BCUT2D eigenvalue weighted by atomic mass is 19.3. The zero-order valence-corrected chi connectivity index (χ0v) is 11.8. The molecule has 0 spiro atoms. The molecule has 2 heterocycles. The summed E-state index contributed by atoms with van der Waals surface area (Å²) in [4.78, 5) is 14.0. The van der Waals surface area contributed by atoms with Gasteiger partial charge >= 0.3 is 0 Å². The van der Waals surface area contributed by atoms with Crippen molar-refractivity contribution in [3.05, 3.63) is 18.3 Å². The van der Waals surface area contributed by atoms with Crippen LogP contribution in [0.4, 0.5) is 8.78 Å². The molecule has 1 atom stereocenters. The molecule has 9 heteroatoms. The first-order valence-electron chi connectivity index (χ1n) is 6.20. The van der Waals surface area contributed by atoms with Crippen molar-refractivity contribution in [2.45, 2.75) is 19.4 Å². The van der Waals surface area contributed by atoms with Gasteiger partial charge in [0.1, 0.15) is 5.69 Å². The fourth-order valence-corrected chi connectivity index (χ4v) is 1.38. The minimum absolute atomic E-state index is 0.0180. The molecular weight excluding hydrogens is 284 g/mol. The maximum Gasteiger partial charge on any atom is 0.272 e. The van der Waals surface area contributed by atoms with Gasteiger partial charge in [0.25, 0.3) is 6.43 Å². The summed E-state index contributed by atoms with van der Waals surface area (Å²) in [6, 6.07) is -0.0344. The molecule has 0 N–H and O–H groups in total. The second-order valence-corrected chi connectivity index (χ2v) is 4.54. The molecule has 0 amide bonds. The summed E-state index contributed by atoms with van der Waals surface area (Å²) < 4.78 is 33.9. The Morgan fingerprint density at radius 1 is 1.29 bits per heavy atom. The molecular formula is C12H15F2N5O2. The van der Waals surface area contributed by atoms with Crippen molar-refractivity contribution in [2.24, 2.45) is 0 Å². The minimum atomic E-state index is -2.56. The fourth-order valence-electron chi connectivity index (χ4n) is 1.38. The van der Waals surface area contributed by atoms with E-state index < -0.39 is 13.0 Å². The van der Waals surface area contributed by atoms with Crippen LogP contribution < -0.4 is 4.74 Å². The highest BCUT2D eigenvalue weighted by Crippen LogP contribution is 2.19. The van der Waals surface area contributed by atoms with E-state index in [2.05, 4.69) is 20.1 Å². The highest BCUT2D eigenvalue weighted by Gasteiger charge is 2.17. The summed E-state index contributed by atoms with van der Waals surface area (Å²) in [7, 11) is 3.78. The Morgan fingerprint density at radius 3 is 2.62 bits per heavy atom. The molecule has 114 valence electrons. The molecule has 0 saturated carbocycles. The Labute approximate surface area is 120 Å². The van der Waals surface area contributed by atoms with Crippen molar-refractivity contribution >= 4 is 0 Å². The number of halogens is 2. The average Bonchev–Trinajstić information content (AvgIpc) is 2.94. The summed E-state index contributed by atoms with van der Waals surface area (Å²) in [5.41, 5.74) is 0.375. The molecule has 0 bridgehead atoms. The third kappa shape index (κ3) is 3.91. The van der Waals surface area contributed by atoms with Gasteiger partial charge in [-0.25, -0.2) is 18.7 Å². The predicted molar refractivity (Wildman–Crippen MR) is 68.9 cm³/mol. The number of rotatable bonds is 6. The van der Waals surface area contributed by atoms with E-state index in [1.807, 2.05) is 25.9 Å². The second-order valence-electron chi connectivity index (χ2n) is 4.54. The van der Waals surface area contributed by atoms with Crippen LogP contribution in [0.1, 0.15) is 18.9 Å². The van der Waals surface area contributed by atoms with E-state index in [0.29, 0.717) is 11.6 Å². The van der Waals surface area contributed by atoms with E-state index in [-0.39, 0.29) is 17.7 Å². The SMILES string of the molecule is C[C@@H](c1nc(-c2cnc(OCC(F)F)cn2)no1)N(C)C. The van der Waals surface area contributed by atoms with Crippen LogP contribution in [0.3, 0.4) is 0 Å². The number of hydrogen-bond acceptors (Lipinski definition) is 7. The summed E-state index contributed by atoms with van der Waals surface area (Å²) in [5.74, 6) is 0.755. The maximum absolute atomic E-state index is 12.0. The molecule has 7 nitrogen and oxygen atoms in total. The fraction of sp³-hybridized carbons (Fsp3) is 0.500. The lowest BCUT2D eigenvalue weighted by Crippen LogP contribution is -2.16. The summed E-state index contributed by atoms with van der Waals surface area (Å²) in [5, 5.41) is 3.82. The van der Waals surface area contributed by atoms with Crippen LogP contribution in [0, 0.1) is 0 Å². The van der Waals surface area contributed by atoms with Crippen molar-refractivity contribution in [1.29, 1.82) is 0 Å². The van der Waals surface area contributed by atoms with Gasteiger partial charge in [-0.05, 0) is 21.0 Å². The van der Waals surface area contributed by atoms with Crippen LogP contribution in [-0.2, 0) is 0 Å². The molecule has 0 radical (unpaired) electrons. The molecule has 2 aromatic rings. The Kier molecular flexibility index (Phi) is 4.73. The highest BCUT2D eigenvalue weighted by molar-refractivity contribution is 5.46. The van der Waals surface area contributed by atoms with Gasteiger partial charge in [-0.3, -0.25) is 4.90 Å². The largest absolute Gasteiger partial charge is 0.470 e. The Hall–Kier alpha value is -2.16. The van der Waals surface area contributed by atoms with E-state index in [0.717, 1.165) is 0 Å². The summed E-state index contributed by atoms with van der Waals surface area (Å²) >= 11 is 0. The minimum Gasteiger partial charge on any atom is -0.470 e. The van der Waals surface area contributed by atoms with Gasteiger partial charge in [0, 0.05) is 0 Å².